The zero-order valence-corrected chi connectivity index (χ0v) is 11.6. The number of hydrogen-bond donors (Lipinski definition) is 1. The lowest BCUT2D eigenvalue weighted by Gasteiger charge is -2.10. The molecule has 2 aromatic rings. The molecule has 0 amide bonds. The second kappa shape index (κ2) is 6.09. The molecule has 0 aliphatic heterocycles. The highest BCUT2D eigenvalue weighted by Gasteiger charge is 2.29. The highest BCUT2D eigenvalue weighted by molar-refractivity contribution is 5.96. The molecule has 1 N–H and O–H groups in total. The van der Waals surface area contributed by atoms with Crippen LogP contribution in [0.1, 0.15) is 28.4 Å². The predicted molar refractivity (Wildman–Crippen MR) is 73.9 cm³/mol. The summed E-state index contributed by atoms with van der Waals surface area (Å²) in [5.41, 5.74) is 0.0183. The Morgan fingerprint density at radius 3 is 2.27 bits per heavy atom. The summed E-state index contributed by atoms with van der Waals surface area (Å²) in [6, 6.07) is 8.85. The van der Waals surface area contributed by atoms with E-state index in [2.05, 4.69) is 0 Å². The standard InChI is InChI=1S/C16H13F3O3/c1-10(20)14-7-6-13(8-15(14)21)22-9-11-2-4-12(5-3-11)16(17,18)19/h2-8,21H,9H2,1H3. The van der Waals surface area contributed by atoms with Gasteiger partial charge in [0.25, 0.3) is 0 Å². The SMILES string of the molecule is CC(=O)c1ccc(OCc2ccc(C(F)(F)F)cc2)cc1O. The van der Waals surface area contributed by atoms with E-state index in [0.717, 1.165) is 12.1 Å². The molecular formula is C16H13F3O3. The number of Topliss-reactive ketones (excluding diaryl/α,β-unsaturated/α-hetero) is 1. The molecule has 0 bridgehead atoms. The van der Waals surface area contributed by atoms with E-state index in [1.165, 1.54) is 37.3 Å². The average Bonchev–Trinajstić information content (AvgIpc) is 2.44. The zero-order valence-electron chi connectivity index (χ0n) is 11.6. The van der Waals surface area contributed by atoms with Crippen LogP contribution in [0.5, 0.6) is 11.5 Å². The van der Waals surface area contributed by atoms with Gasteiger partial charge in [0.1, 0.15) is 18.1 Å². The Balaban J connectivity index is 2.04. The Morgan fingerprint density at radius 2 is 1.77 bits per heavy atom. The van der Waals surface area contributed by atoms with Crippen LogP contribution in [0.2, 0.25) is 0 Å². The number of aromatic hydroxyl groups is 1. The lowest BCUT2D eigenvalue weighted by Crippen LogP contribution is -2.05. The molecule has 0 aliphatic rings. The van der Waals surface area contributed by atoms with Gasteiger partial charge in [-0.1, -0.05) is 12.1 Å². The van der Waals surface area contributed by atoms with Gasteiger partial charge in [-0.15, -0.1) is 0 Å². The maximum atomic E-state index is 12.4. The lowest BCUT2D eigenvalue weighted by molar-refractivity contribution is -0.137. The number of ether oxygens (including phenoxy) is 1. The van der Waals surface area contributed by atoms with Crippen LogP contribution in [-0.2, 0) is 12.8 Å². The van der Waals surface area contributed by atoms with E-state index in [4.69, 9.17) is 4.74 Å². The molecule has 0 radical (unpaired) electrons. The molecule has 0 unspecified atom stereocenters. The lowest BCUT2D eigenvalue weighted by atomic mass is 10.1. The topological polar surface area (TPSA) is 46.5 Å². The van der Waals surface area contributed by atoms with Gasteiger partial charge < -0.3 is 9.84 Å². The van der Waals surface area contributed by atoms with Crippen molar-refractivity contribution in [2.24, 2.45) is 0 Å². The number of phenolic OH excluding ortho intramolecular Hbond substituents is 1. The van der Waals surface area contributed by atoms with Crippen molar-refractivity contribution in [3.63, 3.8) is 0 Å². The second-order valence-electron chi connectivity index (χ2n) is 4.72. The summed E-state index contributed by atoms with van der Waals surface area (Å²) >= 11 is 0. The third kappa shape index (κ3) is 3.78. The van der Waals surface area contributed by atoms with Gasteiger partial charge in [0.15, 0.2) is 5.78 Å². The summed E-state index contributed by atoms with van der Waals surface area (Å²) in [5.74, 6) is -0.147. The van der Waals surface area contributed by atoms with Crippen LogP contribution in [0.25, 0.3) is 0 Å². The molecule has 116 valence electrons. The van der Waals surface area contributed by atoms with Crippen molar-refractivity contribution in [1.82, 2.24) is 0 Å². The highest BCUT2D eigenvalue weighted by Crippen LogP contribution is 2.29. The van der Waals surface area contributed by atoms with E-state index in [0.29, 0.717) is 11.3 Å². The highest BCUT2D eigenvalue weighted by atomic mass is 19.4. The van der Waals surface area contributed by atoms with E-state index >= 15 is 0 Å². The number of alkyl halides is 3. The second-order valence-corrected chi connectivity index (χ2v) is 4.72. The summed E-state index contributed by atoms with van der Waals surface area (Å²) in [6.45, 7) is 1.38. The first-order valence-corrected chi connectivity index (χ1v) is 6.40. The normalized spacial score (nSPS) is 11.3. The molecule has 6 heteroatoms. The summed E-state index contributed by atoms with van der Waals surface area (Å²) in [6.07, 6.45) is -4.37. The first-order chi connectivity index (χ1) is 10.3. The van der Waals surface area contributed by atoms with Crippen molar-refractivity contribution in [3.05, 3.63) is 59.2 Å². The minimum Gasteiger partial charge on any atom is -0.507 e. The summed E-state index contributed by atoms with van der Waals surface area (Å²) < 4.78 is 42.7. The molecule has 0 atom stereocenters. The Kier molecular flexibility index (Phi) is 4.40. The van der Waals surface area contributed by atoms with E-state index in [1.807, 2.05) is 0 Å². The Labute approximate surface area is 125 Å². The van der Waals surface area contributed by atoms with Crippen LogP contribution >= 0.6 is 0 Å². The van der Waals surface area contributed by atoms with Crippen LogP contribution in [0, 0.1) is 0 Å². The predicted octanol–water partition coefficient (Wildman–Crippen LogP) is 4.19. The van der Waals surface area contributed by atoms with E-state index in [9.17, 15) is 23.1 Å². The van der Waals surface area contributed by atoms with Gasteiger partial charge in [0, 0.05) is 6.07 Å². The number of phenols is 1. The van der Waals surface area contributed by atoms with Crippen molar-refractivity contribution in [3.8, 4) is 11.5 Å². The van der Waals surface area contributed by atoms with Crippen molar-refractivity contribution >= 4 is 5.78 Å². The number of benzene rings is 2. The molecule has 0 heterocycles. The third-order valence-electron chi connectivity index (χ3n) is 3.04. The van der Waals surface area contributed by atoms with Crippen molar-refractivity contribution < 1.29 is 27.8 Å². The van der Waals surface area contributed by atoms with Crippen LogP contribution in [0.3, 0.4) is 0 Å². The molecule has 3 nitrogen and oxygen atoms in total. The third-order valence-corrected chi connectivity index (χ3v) is 3.04. The van der Waals surface area contributed by atoms with Crippen molar-refractivity contribution in [1.29, 1.82) is 0 Å². The zero-order chi connectivity index (χ0) is 16.3. The number of halogens is 3. The van der Waals surface area contributed by atoms with Gasteiger partial charge >= 0.3 is 6.18 Å². The minimum atomic E-state index is -4.37. The number of rotatable bonds is 4. The molecule has 0 fully saturated rings. The largest absolute Gasteiger partial charge is 0.507 e. The Morgan fingerprint density at radius 1 is 1.14 bits per heavy atom. The van der Waals surface area contributed by atoms with Crippen LogP contribution in [-0.4, -0.2) is 10.9 Å². The van der Waals surface area contributed by atoms with Gasteiger partial charge in [0.2, 0.25) is 0 Å². The number of hydrogen-bond acceptors (Lipinski definition) is 3. The average molecular weight is 310 g/mol. The van der Waals surface area contributed by atoms with Crippen LogP contribution in [0.4, 0.5) is 13.2 Å². The molecule has 0 spiro atoms. The fourth-order valence-corrected chi connectivity index (χ4v) is 1.86. The molecule has 0 aliphatic carbocycles. The van der Waals surface area contributed by atoms with Crippen LogP contribution in [0.15, 0.2) is 42.5 Å². The quantitative estimate of drug-likeness (QED) is 0.861. The molecule has 2 rings (SSSR count). The maximum absolute atomic E-state index is 12.4. The number of carbonyl (C=O) groups is 1. The summed E-state index contributed by atoms with van der Waals surface area (Å²) in [4.78, 5) is 11.2. The van der Waals surface area contributed by atoms with Crippen molar-refractivity contribution in [2.75, 3.05) is 0 Å². The summed E-state index contributed by atoms with van der Waals surface area (Å²) in [5, 5.41) is 9.66. The summed E-state index contributed by atoms with van der Waals surface area (Å²) in [7, 11) is 0. The van der Waals surface area contributed by atoms with E-state index < -0.39 is 11.7 Å². The van der Waals surface area contributed by atoms with Gasteiger partial charge in [-0.05, 0) is 36.8 Å². The first-order valence-electron chi connectivity index (χ1n) is 6.40. The number of ketones is 1. The van der Waals surface area contributed by atoms with Gasteiger partial charge in [-0.3, -0.25) is 4.79 Å². The van der Waals surface area contributed by atoms with E-state index in [1.54, 1.807) is 0 Å². The van der Waals surface area contributed by atoms with Gasteiger partial charge in [-0.25, -0.2) is 0 Å². The molecule has 0 aromatic heterocycles. The van der Waals surface area contributed by atoms with Gasteiger partial charge in [-0.2, -0.15) is 13.2 Å². The fourth-order valence-electron chi connectivity index (χ4n) is 1.86. The molecule has 2 aromatic carbocycles. The number of carbonyl (C=O) groups excluding carboxylic acids is 1. The van der Waals surface area contributed by atoms with Crippen LogP contribution < -0.4 is 4.74 Å². The molecule has 22 heavy (non-hydrogen) atoms. The Hall–Kier alpha value is -2.50. The minimum absolute atomic E-state index is 0.0526. The fraction of sp³-hybridized carbons (Fsp3) is 0.188. The Bertz CT molecular complexity index is 676. The smallest absolute Gasteiger partial charge is 0.416 e. The maximum Gasteiger partial charge on any atom is 0.416 e. The molecule has 0 saturated carbocycles. The first kappa shape index (κ1) is 15.9. The molecular weight excluding hydrogens is 297 g/mol. The van der Waals surface area contributed by atoms with E-state index in [-0.39, 0.29) is 23.7 Å². The van der Waals surface area contributed by atoms with Gasteiger partial charge in [0.05, 0.1) is 11.1 Å². The van der Waals surface area contributed by atoms with Crippen molar-refractivity contribution in [2.45, 2.75) is 19.7 Å². The molecule has 0 saturated heterocycles. The monoisotopic (exact) mass is 310 g/mol.